The van der Waals surface area contributed by atoms with Crippen molar-refractivity contribution >= 4 is 29.0 Å². The summed E-state index contributed by atoms with van der Waals surface area (Å²) in [4.78, 5) is 33.3. The van der Waals surface area contributed by atoms with E-state index in [9.17, 15) is 14.0 Å². The second-order valence-corrected chi connectivity index (χ2v) is 8.54. The molecule has 1 aromatic carbocycles. The summed E-state index contributed by atoms with van der Waals surface area (Å²) in [7, 11) is 0. The van der Waals surface area contributed by atoms with Crippen molar-refractivity contribution in [2.75, 3.05) is 11.9 Å². The van der Waals surface area contributed by atoms with Crippen LogP contribution < -0.4 is 16.8 Å². The van der Waals surface area contributed by atoms with E-state index < -0.39 is 5.91 Å². The molecule has 31 heavy (non-hydrogen) atoms. The summed E-state index contributed by atoms with van der Waals surface area (Å²) >= 11 is 1.24. The number of hydrogen-bond donors (Lipinski definition) is 3. The summed E-state index contributed by atoms with van der Waals surface area (Å²) in [5.74, 6) is -0.870. The van der Waals surface area contributed by atoms with Crippen LogP contribution in [0.2, 0.25) is 0 Å². The molecule has 0 fully saturated rings. The molecule has 5 N–H and O–H groups in total. The quantitative estimate of drug-likeness (QED) is 0.544. The van der Waals surface area contributed by atoms with Crippen LogP contribution in [0.4, 0.5) is 10.2 Å². The van der Waals surface area contributed by atoms with Gasteiger partial charge in [-0.15, -0.1) is 11.3 Å². The number of aromatic nitrogens is 2. The monoisotopic (exact) mass is 439 g/mol. The van der Waals surface area contributed by atoms with Crippen molar-refractivity contribution in [3.05, 3.63) is 63.4 Å². The molecule has 4 rings (SSSR count). The van der Waals surface area contributed by atoms with Gasteiger partial charge in [0.2, 0.25) is 5.91 Å². The van der Waals surface area contributed by atoms with Crippen LogP contribution >= 0.6 is 11.3 Å². The zero-order chi connectivity index (χ0) is 22.1. The van der Waals surface area contributed by atoms with Crippen LogP contribution in [-0.2, 0) is 11.2 Å². The third-order valence-corrected chi connectivity index (χ3v) is 6.51. The van der Waals surface area contributed by atoms with E-state index in [1.807, 2.05) is 18.4 Å². The Balaban J connectivity index is 1.85. The molecular formula is C22H22FN5O2S. The minimum Gasteiger partial charge on any atom is -0.365 e. The van der Waals surface area contributed by atoms with E-state index in [2.05, 4.69) is 15.3 Å². The Morgan fingerprint density at radius 2 is 2.19 bits per heavy atom. The number of fused-ring (bicyclic) bond motifs is 1. The molecule has 0 spiro atoms. The molecule has 3 heterocycles. The molecule has 2 aromatic heterocycles. The molecule has 3 aromatic rings. The molecule has 9 heteroatoms. The molecular weight excluding hydrogens is 417 g/mol. The molecule has 1 aliphatic heterocycles. The average Bonchev–Trinajstić information content (AvgIpc) is 3.16. The summed E-state index contributed by atoms with van der Waals surface area (Å²) in [5, 5.41) is 4.64. The lowest BCUT2D eigenvalue weighted by Crippen LogP contribution is -2.24. The van der Waals surface area contributed by atoms with E-state index >= 15 is 0 Å². The fourth-order valence-corrected chi connectivity index (χ4v) is 5.13. The Bertz CT molecular complexity index is 1160. The van der Waals surface area contributed by atoms with Crippen molar-refractivity contribution < 1.29 is 14.0 Å². The first kappa shape index (κ1) is 21.1. The first-order chi connectivity index (χ1) is 14.9. The summed E-state index contributed by atoms with van der Waals surface area (Å²) in [5.41, 5.74) is 15.5. The number of nitrogens with one attached hydrogen (secondary N) is 1. The number of thiophene rings is 1. The van der Waals surface area contributed by atoms with E-state index in [1.54, 1.807) is 6.07 Å². The van der Waals surface area contributed by atoms with Crippen LogP contribution in [-0.4, -0.2) is 28.3 Å². The van der Waals surface area contributed by atoms with Crippen LogP contribution in [0.15, 0.2) is 36.0 Å². The van der Waals surface area contributed by atoms with E-state index in [1.165, 1.54) is 29.8 Å². The molecule has 1 aliphatic rings. The Kier molecular flexibility index (Phi) is 5.79. The summed E-state index contributed by atoms with van der Waals surface area (Å²) < 4.78 is 13.7. The van der Waals surface area contributed by atoms with Crippen molar-refractivity contribution in [2.24, 2.45) is 11.5 Å². The Labute approximate surface area is 182 Å². The standard InChI is InChI=1S/C22H22FN5O2S/c1-11-5-16(29)28-22-17(11)19(26-10-27-22)15-9-31-20(21(25)30)18(15)13(8-24)6-12-3-2-4-14(23)7-12/h2-4,7,9-11,13H,5-6,8,24H2,1H3,(H2,25,30)(H,26,27,28,29)/t11-,13-/m1/s1. The molecule has 0 aliphatic carbocycles. The number of rotatable bonds is 6. The SMILES string of the molecule is C[C@@H]1CC(=O)Nc2ncnc(-c3csc(C(N)=O)c3[C@@H](CN)Cc3cccc(F)c3)c21. The smallest absolute Gasteiger partial charge is 0.259 e. The zero-order valence-corrected chi connectivity index (χ0v) is 17.7. The Hall–Kier alpha value is -3.17. The van der Waals surface area contributed by atoms with Crippen LogP contribution in [0.5, 0.6) is 0 Å². The first-order valence-electron chi connectivity index (χ1n) is 9.89. The highest BCUT2D eigenvalue weighted by Crippen LogP contribution is 2.43. The summed E-state index contributed by atoms with van der Waals surface area (Å²) in [6, 6.07) is 6.32. The van der Waals surface area contributed by atoms with Crippen LogP contribution in [0, 0.1) is 5.82 Å². The Morgan fingerprint density at radius 1 is 1.39 bits per heavy atom. The van der Waals surface area contributed by atoms with Gasteiger partial charge in [-0.1, -0.05) is 19.1 Å². The molecule has 0 saturated heterocycles. The maximum Gasteiger partial charge on any atom is 0.259 e. The zero-order valence-electron chi connectivity index (χ0n) is 16.9. The van der Waals surface area contributed by atoms with Gasteiger partial charge in [0, 0.05) is 28.8 Å². The predicted octanol–water partition coefficient (Wildman–Crippen LogP) is 3.17. The fourth-order valence-electron chi connectivity index (χ4n) is 4.14. The summed E-state index contributed by atoms with van der Waals surface area (Å²) in [6.07, 6.45) is 2.15. The molecule has 0 unspecified atom stereocenters. The number of hydrogen-bond acceptors (Lipinski definition) is 6. The van der Waals surface area contributed by atoms with E-state index in [0.717, 1.165) is 16.7 Å². The lowest BCUT2D eigenvalue weighted by Gasteiger charge is -2.25. The number of halogens is 1. The van der Waals surface area contributed by atoms with Gasteiger partial charge >= 0.3 is 0 Å². The molecule has 0 bridgehead atoms. The highest BCUT2D eigenvalue weighted by Gasteiger charge is 2.31. The van der Waals surface area contributed by atoms with Crippen molar-refractivity contribution in [3.8, 4) is 11.3 Å². The number of nitrogens with zero attached hydrogens (tertiary/aromatic N) is 2. The van der Waals surface area contributed by atoms with Gasteiger partial charge in [0.25, 0.3) is 5.91 Å². The Morgan fingerprint density at radius 3 is 2.90 bits per heavy atom. The number of primary amides is 1. The lowest BCUT2D eigenvalue weighted by atomic mass is 9.85. The number of nitrogens with two attached hydrogens (primary N) is 2. The maximum atomic E-state index is 13.7. The van der Waals surface area contributed by atoms with E-state index in [0.29, 0.717) is 34.8 Å². The van der Waals surface area contributed by atoms with Crippen molar-refractivity contribution in [2.45, 2.75) is 31.6 Å². The van der Waals surface area contributed by atoms with Crippen LogP contribution in [0.1, 0.15) is 51.5 Å². The van der Waals surface area contributed by atoms with Crippen LogP contribution in [0.3, 0.4) is 0 Å². The number of benzene rings is 1. The van der Waals surface area contributed by atoms with Crippen molar-refractivity contribution in [1.29, 1.82) is 0 Å². The van der Waals surface area contributed by atoms with Gasteiger partial charge in [-0.25, -0.2) is 14.4 Å². The average molecular weight is 440 g/mol. The third kappa shape index (κ3) is 4.06. The van der Waals surface area contributed by atoms with Gasteiger partial charge in [-0.05, 0) is 42.1 Å². The van der Waals surface area contributed by atoms with Gasteiger partial charge in [-0.2, -0.15) is 0 Å². The maximum absolute atomic E-state index is 13.7. The second kappa shape index (κ2) is 8.52. The molecule has 2 atom stereocenters. The van der Waals surface area contributed by atoms with Gasteiger partial charge in [0.1, 0.15) is 18.0 Å². The van der Waals surface area contributed by atoms with E-state index in [4.69, 9.17) is 11.5 Å². The topological polar surface area (TPSA) is 124 Å². The molecule has 2 amide bonds. The molecule has 160 valence electrons. The summed E-state index contributed by atoms with van der Waals surface area (Å²) in [6.45, 7) is 2.18. The molecule has 0 saturated carbocycles. The number of amides is 2. The number of carbonyl (C=O) groups is 2. The van der Waals surface area contributed by atoms with Gasteiger partial charge < -0.3 is 16.8 Å². The lowest BCUT2D eigenvalue weighted by molar-refractivity contribution is -0.116. The number of carbonyl (C=O) groups excluding carboxylic acids is 2. The highest BCUT2D eigenvalue weighted by molar-refractivity contribution is 7.12. The second-order valence-electron chi connectivity index (χ2n) is 7.66. The normalized spacial score (nSPS) is 16.5. The van der Waals surface area contributed by atoms with Gasteiger partial charge in [0.15, 0.2) is 0 Å². The van der Waals surface area contributed by atoms with Gasteiger partial charge in [-0.3, -0.25) is 9.59 Å². The van der Waals surface area contributed by atoms with Gasteiger partial charge in [0.05, 0.1) is 10.6 Å². The largest absolute Gasteiger partial charge is 0.365 e. The fraction of sp³-hybridized carbons (Fsp3) is 0.273. The third-order valence-electron chi connectivity index (χ3n) is 5.50. The van der Waals surface area contributed by atoms with E-state index in [-0.39, 0.29) is 30.1 Å². The minimum atomic E-state index is -0.548. The van der Waals surface area contributed by atoms with Crippen molar-refractivity contribution in [3.63, 3.8) is 0 Å². The molecule has 0 radical (unpaired) electrons. The van der Waals surface area contributed by atoms with Crippen molar-refractivity contribution in [1.82, 2.24) is 9.97 Å². The first-order valence-corrected chi connectivity index (χ1v) is 10.8. The highest BCUT2D eigenvalue weighted by atomic mass is 32.1. The minimum absolute atomic E-state index is 0.0933. The molecule has 7 nitrogen and oxygen atoms in total. The predicted molar refractivity (Wildman–Crippen MR) is 117 cm³/mol. The number of anilines is 1. The van der Waals surface area contributed by atoms with Crippen LogP contribution in [0.25, 0.3) is 11.3 Å².